The van der Waals surface area contributed by atoms with Crippen molar-refractivity contribution >= 4 is 10.1 Å². The quantitative estimate of drug-likeness (QED) is 0.212. The molecule has 0 aromatic rings. The van der Waals surface area contributed by atoms with Gasteiger partial charge in [0.15, 0.2) is 0 Å². The second-order valence-electron chi connectivity index (χ2n) is 7.47. The first-order valence-electron chi connectivity index (χ1n) is 10.5. The van der Waals surface area contributed by atoms with Crippen molar-refractivity contribution in [2.24, 2.45) is 0 Å². The van der Waals surface area contributed by atoms with Crippen LogP contribution in [-0.2, 0) is 10.1 Å². The average Bonchev–Trinajstić information content (AvgIpc) is 2.55. The van der Waals surface area contributed by atoms with Crippen molar-refractivity contribution < 1.29 is 69.5 Å². The van der Waals surface area contributed by atoms with E-state index < -0.39 is 21.5 Å². The summed E-state index contributed by atoms with van der Waals surface area (Å²) in [6, 6.07) is 0. The van der Waals surface area contributed by atoms with Gasteiger partial charge in [0, 0.05) is 0 Å². The van der Waals surface area contributed by atoms with Crippen molar-refractivity contribution in [2.45, 2.75) is 128 Å². The van der Waals surface area contributed by atoms with Crippen LogP contribution in [0.1, 0.15) is 117 Å². The molecule has 2 unspecified atom stereocenters. The van der Waals surface area contributed by atoms with Crippen molar-refractivity contribution in [3.63, 3.8) is 0 Å². The normalized spacial score (nSPS) is 14.0. The summed E-state index contributed by atoms with van der Waals surface area (Å²) in [6.45, 7) is 4.26. The Morgan fingerprint density at radius 3 is 1.58 bits per heavy atom. The van der Waals surface area contributed by atoms with E-state index in [0.29, 0.717) is 12.8 Å². The molecule has 0 fully saturated rings. The molecule has 1 N–H and O–H groups in total. The first-order valence-corrected chi connectivity index (χ1v) is 12.0. The van der Waals surface area contributed by atoms with Crippen LogP contribution in [0.2, 0.25) is 0 Å². The molecule has 0 radical (unpaired) electrons. The first kappa shape index (κ1) is 29.7. The Morgan fingerprint density at radius 1 is 0.731 bits per heavy atom. The van der Waals surface area contributed by atoms with Crippen LogP contribution >= 0.6 is 0 Å². The van der Waals surface area contributed by atoms with E-state index in [4.69, 9.17) is 0 Å². The van der Waals surface area contributed by atoms with Crippen LogP contribution in [0.5, 0.6) is 0 Å². The van der Waals surface area contributed by atoms with Crippen molar-refractivity contribution in [1.29, 1.82) is 0 Å². The van der Waals surface area contributed by atoms with Crippen molar-refractivity contribution in [3.05, 3.63) is 0 Å². The Hall–Kier alpha value is 1.51. The topological polar surface area (TPSA) is 77.4 Å². The maximum Gasteiger partial charge on any atom is 1.00 e. The van der Waals surface area contributed by atoms with Gasteiger partial charge in [0.2, 0.25) is 0 Å². The van der Waals surface area contributed by atoms with Crippen LogP contribution < -0.4 is 51.4 Å². The van der Waals surface area contributed by atoms with Gasteiger partial charge in [-0.1, -0.05) is 97.3 Å². The molecule has 2 atom stereocenters. The average molecular weight is 417 g/mol. The molecule has 0 saturated heterocycles. The molecular weight excluding hydrogens is 375 g/mol. The fraction of sp³-hybridized carbons (Fsp3) is 1.00. The van der Waals surface area contributed by atoms with E-state index in [1.165, 1.54) is 51.4 Å². The summed E-state index contributed by atoms with van der Waals surface area (Å²) in [6.07, 6.45) is 15.5. The minimum atomic E-state index is -4.31. The smallest absolute Gasteiger partial charge is 0.748 e. The van der Waals surface area contributed by atoms with E-state index >= 15 is 0 Å². The van der Waals surface area contributed by atoms with Crippen molar-refractivity contribution in [3.8, 4) is 0 Å². The van der Waals surface area contributed by atoms with Gasteiger partial charge in [0.05, 0.1) is 21.5 Å². The third-order valence-electron chi connectivity index (χ3n) is 4.96. The first-order chi connectivity index (χ1) is 11.9. The number of rotatable bonds is 18. The van der Waals surface area contributed by atoms with E-state index in [1.54, 1.807) is 0 Å². The fourth-order valence-corrected chi connectivity index (χ4v) is 4.19. The summed E-state index contributed by atoms with van der Waals surface area (Å²) >= 11 is 0. The van der Waals surface area contributed by atoms with E-state index in [2.05, 4.69) is 6.92 Å². The second kappa shape index (κ2) is 19.8. The maximum absolute atomic E-state index is 11.4. The van der Waals surface area contributed by atoms with Crippen molar-refractivity contribution in [2.75, 3.05) is 0 Å². The molecule has 0 rings (SSSR count). The van der Waals surface area contributed by atoms with Gasteiger partial charge in [0.25, 0.3) is 0 Å². The van der Waals surface area contributed by atoms with Gasteiger partial charge in [-0.3, -0.25) is 0 Å². The van der Waals surface area contributed by atoms with Gasteiger partial charge < -0.3 is 9.66 Å². The Kier molecular flexibility index (Phi) is 22.6. The summed E-state index contributed by atoms with van der Waals surface area (Å²) in [5, 5.41) is 8.97. The SMILES string of the molecule is CCCCCCCCCCCCCC(CC(O)CCCC)S(=O)(=O)[O-].[K+]. The molecule has 0 saturated carbocycles. The molecule has 152 valence electrons. The number of aliphatic hydroxyl groups is 1. The predicted molar refractivity (Wildman–Crippen MR) is 105 cm³/mol. The number of unbranched alkanes of at least 4 members (excludes halogenated alkanes) is 11. The van der Waals surface area contributed by atoms with Crippen LogP contribution in [0.3, 0.4) is 0 Å². The molecule has 0 aromatic carbocycles. The third-order valence-corrected chi connectivity index (χ3v) is 6.21. The zero-order chi connectivity index (χ0) is 19.0. The van der Waals surface area contributed by atoms with Gasteiger partial charge in [0.1, 0.15) is 0 Å². The van der Waals surface area contributed by atoms with Crippen LogP contribution in [0.25, 0.3) is 0 Å². The zero-order valence-electron chi connectivity index (χ0n) is 17.5. The monoisotopic (exact) mass is 416 g/mol. The summed E-state index contributed by atoms with van der Waals surface area (Å²) in [5.41, 5.74) is 0. The second-order valence-corrected chi connectivity index (χ2v) is 9.12. The molecule has 6 heteroatoms. The molecule has 4 nitrogen and oxygen atoms in total. The summed E-state index contributed by atoms with van der Waals surface area (Å²) < 4.78 is 34.2. The molecule has 0 aromatic heterocycles. The van der Waals surface area contributed by atoms with Crippen LogP contribution in [0.15, 0.2) is 0 Å². The Morgan fingerprint density at radius 2 is 1.15 bits per heavy atom. The van der Waals surface area contributed by atoms with E-state index in [0.717, 1.165) is 32.1 Å². The Balaban J connectivity index is 0. The van der Waals surface area contributed by atoms with Gasteiger partial charge in [-0.2, -0.15) is 0 Å². The molecule has 26 heavy (non-hydrogen) atoms. The van der Waals surface area contributed by atoms with E-state index in [-0.39, 0.29) is 57.8 Å². The molecule has 0 bridgehead atoms. The van der Waals surface area contributed by atoms with Gasteiger partial charge in [-0.15, -0.1) is 0 Å². The summed E-state index contributed by atoms with van der Waals surface area (Å²) in [4.78, 5) is 0. The predicted octanol–water partition coefficient (Wildman–Crippen LogP) is 2.55. The molecular formula is C20H41KO4S. The van der Waals surface area contributed by atoms with Gasteiger partial charge in [-0.25, -0.2) is 8.42 Å². The zero-order valence-corrected chi connectivity index (χ0v) is 21.5. The van der Waals surface area contributed by atoms with Gasteiger partial charge >= 0.3 is 51.4 Å². The maximum atomic E-state index is 11.4. The van der Waals surface area contributed by atoms with Crippen LogP contribution in [0.4, 0.5) is 0 Å². The molecule has 0 aliphatic rings. The molecule has 0 heterocycles. The third kappa shape index (κ3) is 18.9. The number of aliphatic hydroxyl groups excluding tert-OH is 1. The fourth-order valence-electron chi connectivity index (χ4n) is 3.28. The van der Waals surface area contributed by atoms with Gasteiger partial charge in [-0.05, 0) is 19.3 Å². The summed E-state index contributed by atoms with van der Waals surface area (Å²) in [7, 11) is -4.31. The van der Waals surface area contributed by atoms with E-state index in [9.17, 15) is 18.1 Å². The molecule has 0 amide bonds. The number of hydrogen-bond donors (Lipinski definition) is 1. The molecule has 0 aliphatic heterocycles. The largest absolute Gasteiger partial charge is 1.00 e. The molecule has 0 aliphatic carbocycles. The Labute approximate surface area is 205 Å². The Bertz CT molecular complexity index is 387. The minimum Gasteiger partial charge on any atom is -0.748 e. The summed E-state index contributed by atoms with van der Waals surface area (Å²) in [5.74, 6) is 0. The van der Waals surface area contributed by atoms with Crippen LogP contribution in [-0.4, -0.2) is 29.4 Å². The van der Waals surface area contributed by atoms with Crippen LogP contribution in [0, 0.1) is 0 Å². The van der Waals surface area contributed by atoms with E-state index in [1.807, 2.05) is 6.92 Å². The molecule has 0 spiro atoms. The minimum absolute atomic E-state index is 0. The standard InChI is InChI=1S/C20H42O4S.K/c1-3-5-7-8-9-10-11-12-13-14-15-17-20(25(22,23)24)18-19(21)16-6-4-2;/h19-21H,3-18H2,1-2H3,(H,22,23,24);/q;+1/p-1. The van der Waals surface area contributed by atoms with Crippen molar-refractivity contribution in [1.82, 2.24) is 0 Å². The number of hydrogen-bond acceptors (Lipinski definition) is 4.